The van der Waals surface area contributed by atoms with Gasteiger partial charge in [-0.1, -0.05) is 158 Å². The number of hydrogen-bond donors (Lipinski definition) is 0. The summed E-state index contributed by atoms with van der Waals surface area (Å²) < 4.78 is 7.25. The van der Waals surface area contributed by atoms with Gasteiger partial charge < -0.3 is 9.13 Å². The normalized spacial score (nSPS) is 11.9. The maximum atomic E-state index is 5.54. The molecule has 0 saturated heterocycles. The molecule has 0 N–H and O–H groups in total. The Balaban J connectivity index is 1.07. The van der Waals surface area contributed by atoms with Gasteiger partial charge in [-0.2, -0.15) is 0 Å². The number of hydrogen-bond acceptors (Lipinski definition) is 4. The summed E-state index contributed by atoms with van der Waals surface area (Å²) in [6, 6.07) is 80.3. The fourth-order valence-corrected chi connectivity index (χ4v) is 11.6. The third-order valence-corrected chi connectivity index (χ3v) is 14.6. The maximum absolute atomic E-state index is 5.54. The van der Waals surface area contributed by atoms with Gasteiger partial charge in [-0.15, -0.1) is 11.3 Å². The molecular formula is C61H37N5S. The van der Waals surface area contributed by atoms with Crippen LogP contribution in [0.3, 0.4) is 0 Å². The van der Waals surface area contributed by atoms with Crippen LogP contribution in [0.25, 0.3) is 131 Å². The lowest BCUT2D eigenvalue weighted by molar-refractivity contribution is 1.08. The summed E-state index contributed by atoms with van der Waals surface area (Å²) in [5, 5.41) is 9.61. The highest BCUT2D eigenvalue weighted by atomic mass is 32.1. The molecule has 0 saturated carbocycles. The molecule has 14 aromatic rings. The van der Waals surface area contributed by atoms with Crippen LogP contribution >= 0.6 is 11.3 Å². The zero-order chi connectivity index (χ0) is 44.0. The van der Waals surface area contributed by atoms with E-state index in [-0.39, 0.29) is 0 Å². The molecule has 4 aromatic heterocycles. The van der Waals surface area contributed by atoms with Crippen LogP contribution in [0.1, 0.15) is 0 Å². The number of benzene rings is 10. The van der Waals surface area contributed by atoms with Crippen molar-refractivity contribution in [2.45, 2.75) is 0 Å². The number of rotatable bonds is 6. The van der Waals surface area contributed by atoms with E-state index < -0.39 is 0 Å². The summed E-state index contributed by atoms with van der Waals surface area (Å²) in [6.45, 7) is 0. The molecule has 67 heavy (non-hydrogen) atoms. The van der Waals surface area contributed by atoms with Crippen LogP contribution < -0.4 is 0 Å². The summed E-state index contributed by atoms with van der Waals surface area (Å²) in [4.78, 5) is 16.3. The van der Waals surface area contributed by atoms with Crippen LogP contribution in [0.2, 0.25) is 0 Å². The van der Waals surface area contributed by atoms with Gasteiger partial charge >= 0.3 is 0 Å². The standard InChI is InChI=1S/C61H37N5S/c1-3-17-38(18-4-1)59-62-60(64-61(63-59)49-28-16-31-54-57(49)48-25-10-13-30-53(48)65(54)41-21-5-2-6-22-41)47-34-33-42(37-50(47)46-27-15-26-45-44-24-11-14-32-56(44)67-58(45)46)66-52-29-12-9-23-43(52)51-35-39-19-7-8-20-40(39)36-55(51)66/h1-37H. The molecule has 0 fully saturated rings. The van der Waals surface area contributed by atoms with E-state index in [2.05, 4.69) is 215 Å². The van der Waals surface area contributed by atoms with Gasteiger partial charge in [-0.3, -0.25) is 0 Å². The Morgan fingerprint density at radius 1 is 0.313 bits per heavy atom. The van der Waals surface area contributed by atoms with Crippen LogP contribution in [0.4, 0.5) is 0 Å². The summed E-state index contributed by atoms with van der Waals surface area (Å²) in [5.74, 6) is 1.85. The highest BCUT2D eigenvalue weighted by molar-refractivity contribution is 7.26. The van der Waals surface area contributed by atoms with Crippen molar-refractivity contribution in [2.75, 3.05) is 0 Å². The molecule has 312 valence electrons. The number of para-hydroxylation sites is 3. The Morgan fingerprint density at radius 2 is 0.896 bits per heavy atom. The van der Waals surface area contributed by atoms with Crippen LogP contribution in [0.5, 0.6) is 0 Å². The van der Waals surface area contributed by atoms with E-state index in [1.807, 2.05) is 29.5 Å². The maximum Gasteiger partial charge on any atom is 0.164 e. The van der Waals surface area contributed by atoms with Crippen molar-refractivity contribution in [1.29, 1.82) is 0 Å². The number of fused-ring (bicyclic) bond motifs is 10. The van der Waals surface area contributed by atoms with Gasteiger partial charge in [0.1, 0.15) is 0 Å². The average molecular weight is 872 g/mol. The van der Waals surface area contributed by atoms with Crippen LogP contribution in [0, 0.1) is 0 Å². The molecule has 0 atom stereocenters. The molecule has 6 heteroatoms. The van der Waals surface area contributed by atoms with Crippen molar-refractivity contribution in [3.63, 3.8) is 0 Å². The minimum absolute atomic E-state index is 0.612. The predicted octanol–water partition coefficient (Wildman–Crippen LogP) is 16.3. The average Bonchev–Trinajstić information content (AvgIpc) is 4.06. The first kappa shape index (κ1) is 37.6. The van der Waals surface area contributed by atoms with Gasteiger partial charge in [0.15, 0.2) is 17.5 Å². The zero-order valence-corrected chi connectivity index (χ0v) is 36.8. The van der Waals surface area contributed by atoms with Gasteiger partial charge in [-0.05, 0) is 83.1 Å². The zero-order valence-electron chi connectivity index (χ0n) is 36.0. The lowest BCUT2D eigenvalue weighted by atomic mass is 9.96. The highest BCUT2D eigenvalue weighted by Gasteiger charge is 2.23. The molecule has 10 aromatic carbocycles. The summed E-state index contributed by atoms with van der Waals surface area (Å²) in [6.07, 6.45) is 0. The molecule has 0 spiro atoms. The first-order valence-corrected chi connectivity index (χ1v) is 23.4. The lowest BCUT2D eigenvalue weighted by Gasteiger charge is -2.16. The van der Waals surface area contributed by atoms with E-state index in [9.17, 15) is 0 Å². The fourth-order valence-electron chi connectivity index (χ4n) is 10.4. The van der Waals surface area contributed by atoms with Crippen molar-refractivity contribution < 1.29 is 0 Å². The Morgan fingerprint density at radius 3 is 1.72 bits per heavy atom. The molecule has 14 rings (SSSR count). The van der Waals surface area contributed by atoms with E-state index in [1.165, 1.54) is 41.7 Å². The van der Waals surface area contributed by atoms with Crippen molar-refractivity contribution in [3.05, 3.63) is 224 Å². The molecule has 0 aliphatic carbocycles. The van der Waals surface area contributed by atoms with E-state index in [0.29, 0.717) is 17.5 Å². The van der Waals surface area contributed by atoms with Crippen molar-refractivity contribution in [1.82, 2.24) is 24.1 Å². The largest absolute Gasteiger partial charge is 0.309 e. The second-order valence-corrected chi connectivity index (χ2v) is 18.2. The minimum Gasteiger partial charge on any atom is -0.309 e. The van der Waals surface area contributed by atoms with Gasteiger partial charge in [-0.25, -0.2) is 15.0 Å². The second kappa shape index (κ2) is 14.9. The molecule has 0 radical (unpaired) electrons. The SMILES string of the molecule is c1ccc(-c2nc(-c3ccc(-n4c5ccccc5c5cc6ccccc6cc54)cc3-c3cccc4c3sc3ccccc34)nc(-c3cccc4c3c3ccccc3n4-c3ccccc3)n2)cc1. The summed E-state index contributed by atoms with van der Waals surface area (Å²) in [7, 11) is 0. The van der Waals surface area contributed by atoms with Crippen molar-refractivity contribution in [2.24, 2.45) is 0 Å². The molecule has 4 heterocycles. The number of thiophene rings is 1. The molecule has 0 bridgehead atoms. The summed E-state index contributed by atoms with van der Waals surface area (Å²) in [5.41, 5.74) is 11.7. The molecule has 0 aliphatic rings. The third-order valence-electron chi connectivity index (χ3n) is 13.4. The lowest BCUT2D eigenvalue weighted by Crippen LogP contribution is -2.02. The first-order valence-electron chi connectivity index (χ1n) is 22.6. The predicted molar refractivity (Wildman–Crippen MR) is 281 cm³/mol. The fraction of sp³-hybridized carbons (Fsp3) is 0. The Bertz CT molecular complexity index is 4280. The van der Waals surface area contributed by atoms with Gasteiger partial charge in [0.05, 0.1) is 22.1 Å². The summed E-state index contributed by atoms with van der Waals surface area (Å²) >= 11 is 1.84. The highest BCUT2D eigenvalue weighted by Crippen LogP contribution is 2.45. The Labute approximate surface area is 389 Å². The molecule has 0 aliphatic heterocycles. The minimum atomic E-state index is 0.612. The molecule has 5 nitrogen and oxygen atoms in total. The van der Waals surface area contributed by atoms with Gasteiger partial charge in [0.25, 0.3) is 0 Å². The number of nitrogens with zero attached hydrogens (tertiary/aromatic N) is 5. The molecule has 0 unspecified atom stereocenters. The number of aromatic nitrogens is 5. The van der Waals surface area contributed by atoms with E-state index in [4.69, 9.17) is 15.0 Å². The molecular weight excluding hydrogens is 835 g/mol. The Kier molecular flexibility index (Phi) is 8.38. The van der Waals surface area contributed by atoms with Crippen LogP contribution in [-0.4, -0.2) is 24.1 Å². The Hall–Kier alpha value is -8.71. The van der Waals surface area contributed by atoms with E-state index >= 15 is 0 Å². The monoisotopic (exact) mass is 871 g/mol. The smallest absolute Gasteiger partial charge is 0.164 e. The molecule has 0 amide bonds. The van der Waals surface area contributed by atoms with Crippen molar-refractivity contribution >= 4 is 85.9 Å². The van der Waals surface area contributed by atoms with Crippen LogP contribution in [-0.2, 0) is 0 Å². The first-order chi connectivity index (χ1) is 33.2. The van der Waals surface area contributed by atoms with Crippen molar-refractivity contribution in [3.8, 4) is 56.7 Å². The topological polar surface area (TPSA) is 48.5 Å². The van der Waals surface area contributed by atoms with E-state index in [0.717, 1.165) is 72.0 Å². The van der Waals surface area contributed by atoms with Crippen LogP contribution in [0.15, 0.2) is 224 Å². The van der Waals surface area contributed by atoms with Gasteiger partial charge in [0, 0.05) is 75.3 Å². The van der Waals surface area contributed by atoms with Gasteiger partial charge in [0.2, 0.25) is 0 Å². The quantitative estimate of drug-likeness (QED) is 0.167. The third kappa shape index (κ3) is 5.90. The second-order valence-electron chi connectivity index (χ2n) is 17.1. The van der Waals surface area contributed by atoms with E-state index in [1.54, 1.807) is 0 Å².